The standard InChI is InChI=1S/C22H21ClN2O3/c23-17-3-1-2-15-16-11-14(6-7-18(16)25-22(15)17)24-21(26)9-5-13-4-8-19-20(10-13)28-12-27-19/h1-4,8,10,14,25H,5-7,9,11-12H2,(H,24,26)/t14-/m0/s1. The topological polar surface area (TPSA) is 63.4 Å². The van der Waals surface area contributed by atoms with Gasteiger partial charge in [-0.3, -0.25) is 4.79 Å². The van der Waals surface area contributed by atoms with E-state index in [1.807, 2.05) is 30.3 Å². The average molecular weight is 397 g/mol. The molecule has 28 heavy (non-hydrogen) atoms. The van der Waals surface area contributed by atoms with Gasteiger partial charge < -0.3 is 19.8 Å². The number of hydrogen-bond acceptors (Lipinski definition) is 3. The zero-order valence-corrected chi connectivity index (χ0v) is 16.1. The van der Waals surface area contributed by atoms with Gasteiger partial charge in [-0.25, -0.2) is 0 Å². The number of aromatic nitrogens is 1. The Bertz CT molecular complexity index is 1060. The molecule has 0 radical (unpaired) electrons. The number of aryl methyl sites for hydroxylation is 2. The molecule has 6 heteroatoms. The number of aromatic amines is 1. The first-order valence-electron chi connectivity index (χ1n) is 9.63. The first-order valence-corrected chi connectivity index (χ1v) is 10.0. The second-order valence-electron chi connectivity index (χ2n) is 7.44. The fourth-order valence-corrected chi connectivity index (χ4v) is 4.40. The second kappa shape index (κ2) is 7.06. The molecule has 2 aliphatic rings. The molecule has 1 aromatic heterocycles. The third-order valence-corrected chi connectivity index (χ3v) is 5.93. The number of amides is 1. The van der Waals surface area contributed by atoms with Crippen molar-refractivity contribution in [2.75, 3.05) is 6.79 Å². The number of benzene rings is 2. The molecule has 1 amide bonds. The maximum Gasteiger partial charge on any atom is 0.231 e. The highest BCUT2D eigenvalue weighted by Crippen LogP contribution is 2.34. The molecular formula is C22H21ClN2O3. The summed E-state index contributed by atoms with van der Waals surface area (Å²) in [5, 5.41) is 5.12. The summed E-state index contributed by atoms with van der Waals surface area (Å²) in [6.07, 6.45) is 3.85. The van der Waals surface area contributed by atoms with Crippen molar-refractivity contribution in [2.45, 2.75) is 38.1 Å². The van der Waals surface area contributed by atoms with Crippen molar-refractivity contribution in [3.63, 3.8) is 0 Å². The summed E-state index contributed by atoms with van der Waals surface area (Å²) in [4.78, 5) is 15.9. The summed E-state index contributed by atoms with van der Waals surface area (Å²) in [5.41, 5.74) is 4.61. The quantitative estimate of drug-likeness (QED) is 0.696. The molecule has 0 saturated carbocycles. The van der Waals surface area contributed by atoms with Crippen LogP contribution in [-0.2, 0) is 24.1 Å². The molecule has 5 nitrogen and oxygen atoms in total. The summed E-state index contributed by atoms with van der Waals surface area (Å²) in [5.74, 6) is 1.62. The highest BCUT2D eigenvalue weighted by molar-refractivity contribution is 6.35. The number of ether oxygens (including phenoxy) is 2. The number of carbonyl (C=O) groups excluding carboxylic acids is 1. The SMILES string of the molecule is O=C(CCc1ccc2c(c1)OCO2)N[C@H]1CCc2[nH]c3c(Cl)cccc3c2C1. The van der Waals surface area contributed by atoms with Crippen LogP contribution in [0.2, 0.25) is 5.02 Å². The number of halogens is 1. The number of carbonyl (C=O) groups is 1. The van der Waals surface area contributed by atoms with E-state index in [4.69, 9.17) is 21.1 Å². The van der Waals surface area contributed by atoms with Crippen molar-refractivity contribution in [3.8, 4) is 11.5 Å². The monoisotopic (exact) mass is 396 g/mol. The third-order valence-electron chi connectivity index (χ3n) is 5.62. The first-order chi connectivity index (χ1) is 13.7. The molecule has 3 aromatic rings. The lowest BCUT2D eigenvalue weighted by molar-refractivity contribution is -0.121. The Balaban J connectivity index is 1.22. The van der Waals surface area contributed by atoms with Crippen molar-refractivity contribution >= 4 is 28.4 Å². The molecule has 144 valence electrons. The van der Waals surface area contributed by atoms with Crippen molar-refractivity contribution in [1.82, 2.24) is 10.3 Å². The van der Waals surface area contributed by atoms with E-state index >= 15 is 0 Å². The largest absolute Gasteiger partial charge is 0.454 e. The minimum atomic E-state index is 0.0870. The maximum atomic E-state index is 12.5. The van der Waals surface area contributed by atoms with Crippen LogP contribution in [-0.4, -0.2) is 23.7 Å². The zero-order chi connectivity index (χ0) is 19.1. The number of nitrogens with one attached hydrogen (secondary N) is 2. The fourth-order valence-electron chi connectivity index (χ4n) is 4.18. The summed E-state index contributed by atoms with van der Waals surface area (Å²) < 4.78 is 10.7. The van der Waals surface area contributed by atoms with Crippen LogP contribution in [0.4, 0.5) is 0 Å². The van der Waals surface area contributed by atoms with Gasteiger partial charge in [0.1, 0.15) is 0 Å². The molecule has 0 fully saturated rings. The minimum absolute atomic E-state index is 0.0870. The Labute approximate surface area is 168 Å². The van der Waals surface area contributed by atoms with Crippen LogP contribution in [0.5, 0.6) is 11.5 Å². The van der Waals surface area contributed by atoms with Crippen molar-refractivity contribution in [3.05, 3.63) is 58.2 Å². The molecule has 1 aliphatic heterocycles. The summed E-state index contributed by atoms with van der Waals surface area (Å²) in [7, 11) is 0. The van der Waals surface area contributed by atoms with Gasteiger partial charge in [0, 0.05) is 23.5 Å². The van der Waals surface area contributed by atoms with Gasteiger partial charge in [0.15, 0.2) is 11.5 Å². The molecule has 1 atom stereocenters. The van der Waals surface area contributed by atoms with Gasteiger partial charge in [0.25, 0.3) is 0 Å². The predicted octanol–water partition coefficient (Wildman–Crippen LogP) is 4.16. The average Bonchev–Trinajstić information content (AvgIpc) is 3.31. The highest BCUT2D eigenvalue weighted by Gasteiger charge is 2.24. The lowest BCUT2D eigenvalue weighted by atomic mass is 9.91. The maximum absolute atomic E-state index is 12.5. The van der Waals surface area contributed by atoms with E-state index in [9.17, 15) is 4.79 Å². The number of fused-ring (bicyclic) bond motifs is 4. The van der Waals surface area contributed by atoms with Gasteiger partial charge in [-0.05, 0) is 55.0 Å². The normalized spacial score (nSPS) is 17.5. The number of para-hydroxylation sites is 1. The predicted molar refractivity (Wildman–Crippen MR) is 108 cm³/mol. The van der Waals surface area contributed by atoms with Gasteiger partial charge >= 0.3 is 0 Å². The third kappa shape index (κ3) is 3.20. The number of hydrogen-bond donors (Lipinski definition) is 2. The van der Waals surface area contributed by atoms with E-state index in [0.29, 0.717) is 12.8 Å². The zero-order valence-electron chi connectivity index (χ0n) is 15.4. The molecule has 0 bridgehead atoms. The molecular weight excluding hydrogens is 376 g/mol. The van der Waals surface area contributed by atoms with Crippen molar-refractivity contribution in [1.29, 1.82) is 0 Å². The fraction of sp³-hybridized carbons (Fsp3) is 0.318. The van der Waals surface area contributed by atoms with Crippen molar-refractivity contribution in [2.24, 2.45) is 0 Å². The Morgan fingerprint density at radius 2 is 2.11 bits per heavy atom. The van der Waals surface area contributed by atoms with Gasteiger partial charge in [0.05, 0.1) is 10.5 Å². The summed E-state index contributed by atoms with van der Waals surface area (Å²) in [6, 6.07) is 12.0. The molecule has 0 saturated heterocycles. The van der Waals surface area contributed by atoms with Crippen LogP contribution in [0.1, 0.15) is 29.7 Å². The molecule has 1 aliphatic carbocycles. The van der Waals surface area contributed by atoms with Crippen LogP contribution in [0.25, 0.3) is 10.9 Å². The van der Waals surface area contributed by atoms with E-state index in [1.165, 1.54) is 16.6 Å². The summed E-state index contributed by atoms with van der Waals surface area (Å²) in [6.45, 7) is 0.266. The molecule has 2 heterocycles. The Hall–Kier alpha value is -2.66. The number of H-pyrrole nitrogens is 1. The van der Waals surface area contributed by atoms with Crippen LogP contribution in [0.15, 0.2) is 36.4 Å². The van der Waals surface area contributed by atoms with E-state index in [0.717, 1.165) is 46.9 Å². The van der Waals surface area contributed by atoms with E-state index in [2.05, 4.69) is 16.4 Å². The van der Waals surface area contributed by atoms with Gasteiger partial charge in [-0.1, -0.05) is 29.8 Å². The highest BCUT2D eigenvalue weighted by atomic mass is 35.5. The molecule has 2 aromatic carbocycles. The smallest absolute Gasteiger partial charge is 0.231 e. The Morgan fingerprint density at radius 3 is 3.04 bits per heavy atom. The molecule has 2 N–H and O–H groups in total. The van der Waals surface area contributed by atoms with Gasteiger partial charge in [0.2, 0.25) is 12.7 Å². The first kappa shape index (κ1) is 17.4. The summed E-state index contributed by atoms with van der Waals surface area (Å²) >= 11 is 6.31. The van der Waals surface area contributed by atoms with E-state index in [1.54, 1.807) is 0 Å². The lowest BCUT2D eigenvalue weighted by Crippen LogP contribution is -2.38. The molecule has 0 unspecified atom stereocenters. The lowest BCUT2D eigenvalue weighted by Gasteiger charge is -2.23. The van der Waals surface area contributed by atoms with Crippen LogP contribution in [0, 0.1) is 0 Å². The van der Waals surface area contributed by atoms with E-state index in [-0.39, 0.29) is 18.7 Å². The van der Waals surface area contributed by atoms with Gasteiger partial charge in [-0.15, -0.1) is 0 Å². The van der Waals surface area contributed by atoms with Gasteiger partial charge in [-0.2, -0.15) is 0 Å². The molecule has 5 rings (SSSR count). The molecule has 0 spiro atoms. The second-order valence-corrected chi connectivity index (χ2v) is 7.85. The van der Waals surface area contributed by atoms with E-state index < -0.39 is 0 Å². The Morgan fingerprint density at radius 1 is 1.21 bits per heavy atom. The Kier molecular flexibility index (Phi) is 4.40. The number of rotatable bonds is 4. The van der Waals surface area contributed by atoms with Crippen LogP contribution < -0.4 is 14.8 Å². The van der Waals surface area contributed by atoms with Crippen molar-refractivity contribution < 1.29 is 14.3 Å². The van der Waals surface area contributed by atoms with Crippen LogP contribution in [0.3, 0.4) is 0 Å². The van der Waals surface area contributed by atoms with Crippen LogP contribution >= 0.6 is 11.6 Å². The minimum Gasteiger partial charge on any atom is -0.454 e.